The van der Waals surface area contributed by atoms with Gasteiger partial charge in [-0.25, -0.2) is 9.97 Å². The van der Waals surface area contributed by atoms with Gasteiger partial charge in [-0.1, -0.05) is 18.2 Å². The van der Waals surface area contributed by atoms with E-state index in [-0.39, 0.29) is 17.5 Å². The number of aryl methyl sites for hydroxylation is 1. The number of benzene rings is 1. The first-order valence-electron chi connectivity index (χ1n) is 6.69. The quantitative estimate of drug-likeness (QED) is 0.774. The van der Waals surface area contributed by atoms with Crippen LogP contribution in [0.5, 0.6) is 0 Å². The summed E-state index contributed by atoms with van der Waals surface area (Å²) in [5.74, 6) is 0.956. The summed E-state index contributed by atoms with van der Waals surface area (Å²) in [6.07, 6.45) is 0. The van der Waals surface area contributed by atoms with Crippen molar-refractivity contribution in [2.45, 2.75) is 6.92 Å². The van der Waals surface area contributed by atoms with E-state index >= 15 is 0 Å². The van der Waals surface area contributed by atoms with Gasteiger partial charge in [0, 0.05) is 5.69 Å². The third kappa shape index (κ3) is 2.95. The molecular formula is C16H14N4O2. The van der Waals surface area contributed by atoms with E-state index in [1.54, 1.807) is 24.3 Å². The Hall–Kier alpha value is -3.15. The molecule has 6 nitrogen and oxygen atoms in total. The van der Waals surface area contributed by atoms with Crippen molar-refractivity contribution in [1.82, 2.24) is 9.97 Å². The predicted molar refractivity (Wildman–Crippen MR) is 83.3 cm³/mol. The summed E-state index contributed by atoms with van der Waals surface area (Å²) in [4.78, 5) is 20.3. The summed E-state index contributed by atoms with van der Waals surface area (Å²) in [6.45, 7) is 1.83. The lowest BCUT2D eigenvalue weighted by molar-refractivity contribution is 0.102. The smallest absolute Gasteiger partial charge is 0.274 e. The molecule has 0 spiro atoms. The summed E-state index contributed by atoms with van der Waals surface area (Å²) < 4.78 is 5.50. The molecule has 1 amide bonds. The number of nitrogens with one attached hydrogen (secondary N) is 1. The van der Waals surface area contributed by atoms with Gasteiger partial charge in [-0.05, 0) is 37.3 Å². The minimum Gasteiger partial charge on any atom is -0.460 e. The number of aromatic nitrogens is 2. The first-order valence-corrected chi connectivity index (χ1v) is 6.69. The van der Waals surface area contributed by atoms with E-state index in [2.05, 4.69) is 15.3 Å². The van der Waals surface area contributed by atoms with Crippen molar-refractivity contribution >= 4 is 17.5 Å². The number of amides is 1. The van der Waals surface area contributed by atoms with Crippen LogP contribution in [0, 0.1) is 6.92 Å². The van der Waals surface area contributed by atoms with Crippen LogP contribution in [0.3, 0.4) is 0 Å². The summed E-state index contributed by atoms with van der Waals surface area (Å²) in [5, 5.41) is 2.75. The average Bonchev–Trinajstić information content (AvgIpc) is 2.94. The molecule has 3 aromatic rings. The van der Waals surface area contributed by atoms with Crippen molar-refractivity contribution in [2.75, 3.05) is 11.1 Å². The molecule has 0 radical (unpaired) electrons. The monoisotopic (exact) mass is 294 g/mol. The molecule has 110 valence electrons. The molecule has 0 aliphatic rings. The van der Waals surface area contributed by atoms with Gasteiger partial charge >= 0.3 is 0 Å². The highest BCUT2D eigenvalue weighted by molar-refractivity contribution is 6.03. The highest BCUT2D eigenvalue weighted by Crippen LogP contribution is 2.21. The fraction of sp³-hybridized carbons (Fsp3) is 0.0625. The Morgan fingerprint density at radius 2 is 1.91 bits per heavy atom. The van der Waals surface area contributed by atoms with Gasteiger partial charge in [0.15, 0.2) is 5.76 Å². The van der Waals surface area contributed by atoms with Crippen molar-refractivity contribution < 1.29 is 9.21 Å². The normalized spacial score (nSPS) is 10.4. The first-order chi connectivity index (χ1) is 10.6. The number of hydrogen-bond donors (Lipinski definition) is 2. The Kier molecular flexibility index (Phi) is 3.57. The van der Waals surface area contributed by atoms with E-state index < -0.39 is 0 Å². The molecule has 0 fully saturated rings. The molecule has 2 heterocycles. The Morgan fingerprint density at radius 1 is 1.14 bits per heavy atom. The number of para-hydroxylation sites is 1. The number of carbonyl (C=O) groups is 1. The maximum Gasteiger partial charge on any atom is 0.274 e. The Morgan fingerprint density at radius 3 is 2.59 bits per heavy atom. The molecule has 0 atom stereocenters. The number of rotatable bonds is 3. The van der Waals surface area contributed by atoms with Crippen molar-refractivity contribution in [3.05, 3.63) is 60.0 Å². The average molecular weight is 294 g/mol. The van der Waals surface area contributed by atoms with E-state index in [1.807, 2.05) is 31.2 Å². The minimum absolute atomic E-state index is 0.0183. The zero-order chi connectivity index (χ0) is 15.5. The number of anilines is 2. The van der Waals surface area contributed by atoms with Gasteiger partial charge in [0.1, 0.15) is 17.1 Å². The Labute approximate surface area is 127 Å². The third-order valence-corrected chi connectivity index (χ3v) is 3.00. The summed E-state index contributed by atoms with van der Waals surface area (Å²) in [5.41, 5.74) is 7.02. The van der Waals surface area contributed by atoms with Gasteiger partial charge in [0.2, 0.25) is 5.95 Å². The van der Waals surface area contributed by atoms with Crippen LogP contribution in [0.25, 0.3) is 11.5 Å². The lowest BCUT2D eigenvalue weighted by Crippen LogP contribution is -2.15. The number of furan rings is 1. The van der Waals surface area contributed by atoms with Crippen LogP contribution in [0.1, 0.15) is 16.2 Å². The molecule has 0 saturated heterocycles. The van der Waals surface area contributed by atoms with Gasteiger partial charge in [0.25, 0.3) is 5.91 Å². The number of nitrogens with two attached hydrogens (primary N) is 1. The second-order valence-corrected chi connectivity index (χ2v) is 4.73. The van der Waals surface area contributed by atoms with E-state index in [0.29, 0.717) is 17.1 Å². The second kappa shape index (κ2) is 5.69. The zero-order valence-corrected chi connectivity index (χ0v) is 11.9. The van der Waals surface area contributed by atoms with E-state index in [4.69, 9.17) is 10.2 Å². The van der Waals surface area contributed by atoms with Crippen molar-refractivity contribution in [3.8, 4) is 11.5 Å². The van der Waals surface area contributed by atoms with Crippen LogP contribution < -0.4 is 11.1 Å². The topological polar surface area (TPSA) is 94.0 Å². The SMILES string of the molecule is Cc1ccc(-c2cc(C(=O)Nc3ccccc3)nc(N)n2)o1. The number of hydrogen-bond acceptors (Lipinski definition) is 5. The van der Waals surface area contributed by atoms with Crippen LogP contribution >= 0.6 is 0 Å². The Balaban J connectivity index is 1.90. The third-order valence-electron chi connectivity index (χ3n) is 3.00. The fourth-order valence-electron chi connectivity index (χ4n) is 2.00. The van der Waals surface area contributed by atoms with Crippen molar-refractivity contribution in [3.63, 3.8) is 0 Å². The fourth-order valence-corrected chi connectivity index (χ4v) is 2.00. The van der Waals surface area contributed by atoms with Gasteiger partial charge in [0.05, 0.1) is 0 Å². The molecule has 1 aromatic carbocycles. The lowest BCUT2D eigenvalue weighted by Gasteiger charge is -2.06. The molecule has 3 rings (SSSR count). The summed E-state index contributed by atoms with van der Waals surface area (Å²) in [7, 11) is 0. The molecule has 0 unspecified atom stereocenters. The van der Waals surface area contributed by atoms with E-state index in [0.717, 1.165) is 5.76 Å². The molecule has 22 heavy (non-hydrogen) atoms. The number of nitrogens with zero attached hydrogens (tertiary/aromatic N) is 2. The number of nitrogen functional groups attached to an aromatic ring is 1. The van der Waals surface area contributed by atoms with E-state index in [9.17, 15) is 4.79 Å². The van der Waals surface area contributed by atoms with Gasteiger partial charge in [-0.2, -0.15) is 0 Å². The van der Waals surface area contributed by atoms with Gasteiger partial charge < -0.3 is 15.5 Å². The first kappa shape index (κ1) is 13.8. The predicted octanol–water partition coefficient (Wildman–Crippen LogP) is 2.88. The van der Waals surface area contributed by atoms with Crippen LogP contribution in [0.4, 0.5) is 11.6 Å². The van der Waals surface area contributed by atoms with Crippen molar-refractivity contribution in [1.29, 1.82) is 0 Å². The second-order valence-electron chi connectivity index (χ2n) is 4.73. The molecule has 3 N–H and O–H groups in total. The molecule has 0 aliphatic heterocycles. The van der Waals surface area contributed by atoms with Gasteiger partial charge in [-0.15, -0.1) is 0 Å². The van der Waals surface area contributed by atoms with Gasteiger partial charge in [-0.3, -0.25) is 4.79 Å². The molecule has 0 saturated carbocycles. The molecule has 2 aromatic heterocycles. The van der Waals surface area contributed by atoms with Crippen LogP contribution in [-0.4, -0.2) is 15.9 Å². The molecule has 0 aliphatic carbocycles. The minimum atomic E-state index is -0.357. The standard InChI is InChI=1S/C16H14N4O2/c1-10-7-8-14(22-10)12-9-13(20-16(17)19-12)15(21)18-11-5-3-2-4-6-11/h2-9H,1H3,(H,18,21)(H2,17,19,20). The molecule has 6 heteroatoms. The maximum absolute atomic E-state index is 12.3. The largest absolute Gasteiger partial charge is 0.460 e. The highest BCUT2D eigenvalue weighted by Gasteiger charge is 2.13. The van der Waals surface area contributed by atoms with Crippen LogP contribution in [0.15, 0.2) is 52.9 Å². The summed E-state index contributed by atoms with van der Waals surface area (Å²) in [6, 6.07) is 14.3. The highest BCUT2D eigenvalue weighted by atomic mass is 16.3. The zero-order valence-electron chi connectivity index (χ0n) is 11.9. The van der Waals surface area contributed by atoms with Crippen LogP contribution in [-0.2, 0) is 0 Å². The molecular weight excluding hydrogens is 280 g/mol. The Bertz CT molecular complexity index is 812. The number of carbonyl (C=O) groups excluding carboxylic acids is 1. The van der Waals surface area contributed by atoms with Crippen LogP contribution in [0.2, 0.25) is 0 Å². The maximum atomic E-state index is 12.3. The lowest BCUT2D eigenvalue weighted by atomic mass is 10.2. The molecule has 0 bridgehead atoms. The van der Waals surface area contributed by atoms with Crippen molar-refractivity contribution in [2.24, 2.45) is 0 Å². The van der Waals surface area contributed by atoms with E-state index in [1.165, 1.54) is 0 Å². The summed E-state index contributed by atoms with van der Waals surface area (Å²) >= 11 is 0.